The summed E-state index contributed by atoms with van der Waals surface area (Å²) in [5.74, 6) is -2.02. The number of carbonyl (C=O) groups excluding carboxylic acids is 1. The van der Waals surface area contributed by atoms with Gasteiger partial charge in [0.25, 0.3) is 5.91 Å². The molecule has 0 radical (unpaired) electrons. The molecule has 0 saturated carbocycles. The molecule has 1 aromatic rings. The van der Waals surface area contributed by atoms with Crippen molar-refractivity contribution in [1.29, 1.82) is 0 Å². The first-order valence-corrected chi connectivity index (χ1v) is 6.87. The zero-order valence-electron chi connectivity index (χ0n) is 10.8. The fourth-order valence-corrected chi connectivity index (χ4v) is 2.58. The highest BCUT2D eigenvalue weighted by atomic mass is 35.5. The quantitative estimate of drug-likeness (QED) is 0.913. The molecule has 4 nitrogen and oxygen atoms in total. The van der Waals surface area contributed by atoms with Crippen molar-refractivity contribution in [3.63, 3.8) is 0 Å². The van der Waals surface area contributed by atoms with Crippen molar-refractivity contribution in [3.05, 3.63) is 34.6 Å². The van der Waals surface area contributed by atoms with Crippen LogP contribution in [0.25, 0.3) is 0 Å². The lowest BCUT2D eigenvalue weighted by Crippen LogP contribution is -2.44. The molecular formula is C14H15ClFNO3. The van der Waals surface area contributed by atoms with E-state index in [4.69, 9.17) is 11.6 Å². The maximum Gasteiger partial charge on any atom is 0.326 e. The first kappa shape index (κ1) is 14.8. The number of likely N-dealkylation sites (tertiary alicyclic amines) is 1. The Labute approximate surface area is 121 Å². The number of nitrogens with zero attached hydrogens (tertiary/aromatic N) is 1. The molecule has 20 heavy (non-hydrogen) atoms. The minimum Gasteiger partial charge on any atom is -0.480 e. The van der Waals surface area contributed by atoms with Gasteiger partial charge in [-0.2, -0.15) is 0 Å². The predicted octanol–water partition coefficient (Wildman–Crippen LogP) is 2.95. The van der Waals surface area contributed by atoms with Gasteiger partial charge in [-0.05, 0) is 31.0 Å². The highest BCUT2D eigenvalue weighted by Gasteiger charge is 2.31. The van der Waals surface area contributed by atoms with Crippen molar-refractivity contribution in [2.75, 3.05) is 6.54 Å². The second kappa shape index (κ2) is 6.22. The van der Waals surface area contributed by atoms with Gasteiger partial charge in [0.2, 0.25) is 0 Å². The van der Waals surface area contributed by atoms with E-state index < -0.39 is 23.7 Å². The Bertz CT molecular complexity index is 535. The summed E-state index contributed by atoms with van der Waals surface area (Å²) in [6.45, 7) is 0.394. The van der Waals surface area contributed by atoms with Crippen molar-refractivity contribution in [3.8, 4) is 0 Å². The van der Waals surface area contributed by atoms with Crippen molar-refractivity contribution in [1.82, 2.24) is 4.90 Å². The number of halogens is 2. The predicted molar refractivity (Wildman–Crippen MR) is 72.3 cm³/mol. The number of amides is 1. The van der Waals surface area contributed by atoms with E-state index in [9.17, 15) is 19.1 Å². The third-order valence-electron chi connectivity index (χ3n) is 3.47. The largest absolute Gasteiger partial charge is 0.480 e. The van der Waals surface area contributed by atoms with E-state index in [1.165, 1.54) is 17.0 Å². The molecule has 1 N–H and O–H groups in total. The van der Waals surface area contributed by atoms with Crippen LogP contribution in [0, 0.1) is 5.82 Å². The fraction of sp³-hybridized carbons (Fsp3) is 0.429. The molecule has 108 valence electrons. The zero-order valence-corrected chi connectivity index (χ0v) is 11.6. The summed E-state index contributed by atoms with van der Waals surface area (Å²) in [4.78, 5) is 25.1. The van der Waals surface area contributed by atoms with E-state index in [0.717, 1.165) is 25.3 Å². The number of rotatable bonds is 2. The summed E-state index contributed by atoms with van der Waals surface area (Å²) >= 11 is 5.67. The number of carboxylic acids is 1. The van der Waals surface area contributed by atoms with Crippen LogP contribution in [0.15, 0.2) is 18.2 Å². The molecule has 2 rings (SSSR count). The molecular weight excluding hydrogens is 285 g/mol. The molecule has 1 atom stereocenters. The average Bonchev–Trinajstić information content (AvgIpc) is 2.66. The average molecular weight is 300 g/mol. The first-order valence-electron chi connectivity index (χ1n) is 6.49. The van der Waals surface area contributed by atoms with Gasteiger partial charge in [-0.15, -0.1) is 0 Å². The Balaban J connectivity index is 2.28. The summed E-state index contributed by atoms with van der Waals surface area (Å²) in [5, 5.41) is 9.11. The summed E-state index contributed by atoms with van der Waals surface area (Å²) in [6, 6.07) is 2.85. The number of benzene rings is 1. The minimum atomic E-state index is -1.01. The molecule has 1 amide bonds. The summed E-state index contributed by atoms with van der Waals surface area (Å²) in [7, 11) is 0. The zero-order chi connectivity index (χ0) is 14.7. The summed E-state index contributed by atoms with van der Waals surface area (Å²) in [5.41, 5.74) is 0.213. The summed E-state index contributed by atoms with van der Waals surface area (Å²) in [6.07, 6.45) is 2.89. The van der Waals surface area contributed by atoms with E-state index in [-0.39, 0.29) is 10.6 Å². The Morgan fingerprint density at radius 3 is 2.70 bits per heavy atom. The standard InChI is InChI=1S/C14H15ClFNO3/c15-10-8-9(5-6-11(10)16)13(18)17-7-3-1-2-4-12(17)14(19)20/h5-6,8,12H,1-4,7H2,(H,19,20). The van der Waals surface area contributed by atoms with Crippen molar-refractivity contribution in [2.45, 2.75) is 31.7 Å². The fourth-order valence-electron chi connectivity index (χ4n) is 2.40. The van der Waals surface area contributed by atoms with Gasteiger partial charge in [-0.3, -0.25) is 4.79 Å². The second-order valence-corrected chi connectivity index (χ2v) is 5.24. The lowest BCUT2D eigenvalue weighted by molar-refractivity contribution is -0.142. The molecule has 0 bridgehead atoms. The maximum atomic E-state index is 13.1. The Morgan fingerprint density at radius 1 is 1.30 bits per heavy atom. The Morgan fingerprint density at radius 2 is 2.05 bits per heavy atom. The van der Waals surface area contributed by atoms with Crippen LogP contribution >= 0.6 is 11.6 Å². The molecule has 1 aliphatic heterocycles. The minimum absolute atomic E-state index is 0.141. The second-order valence-electron chi connectivity index (χ2n) is 4.83. The maximum absolute atomic E-state index is 13.1. The van der Waals surface area contributed by atoms with Crippen LogP contribution in [0.5, 0.6) is 0 Å². The lowest BCUT2D eigenvalue weighted by atomic mass is 10.1. The molecule has 0 aliphatic carbocycles. The van der Waals surface area contributed by atoms with Gasteiger partial charge in [-0.25, -0.2) is 9.18 Å². The van der Waals surface area contributed by atoms with E-state index >= 15 is 0 Å². The van der Waals surface area contributed by atoms with Crippen molar-refractivity contribution < 1.29 is 19.1 Å². The molecule has 1 unspecified atom stereocenters. The number of aliphatic carboxylic acids is 1. The van der Waals surface area contributed by atoms with Gasteiger partial charge in [0.05, 0.1) is 5.02 Å². The van der Waals surface area contributed by atoms with Crippen LogP contribution in [-0.2, 0) is 4.79 Å². The van der Waals surface area contributed by atoms with Gasteiger partial charge < -0.3 is 10.0 Å². The molecule has 1 fully saturated rings. The first-order chi connectivity index (χ1) is 9.50. The van der Waals surface area contributed by atoms with E-state index in [1.807, 2.05) is 0 Å². The van der Waals surface area contributed by atoms with Crippen LogP contribution in [0.3, 0.4) is 0 Å². The topological polar surface area (TPSA) is 57.6 Å². The SMILES string of the molecule is O=C(O)C1CCCCCN1C(=O)c1ccc(F)c(Cl)c1. The van der Waals surface area contributed by atoms with Gasteiger partial charge in [-0.1, -0.05) is 24.4 Å². The molecule has 0 aromatic heterocycles. The molecule has 0 spiro atoms. The highest BCUT2D eigenvalue weighted by Crippen LogP contribution is 2.22. The molecule has 6 heteroatoms. The molecule has 1 aliphatic rings. The van der Waals surface area contributed by atoms with Gasteiger partial charge in [0.1, 0.15) is 11.9 Å². The van der Waals surface area contributed by atoms with Crippen LogP contribution in [0.2, 0.25) is 5.02 Å². The summed E-state index contributed by atoms with van der Waals surface area (Å²) < 4.78 is 13.1. The highest BCUT2D eigenvalue weighted by molar-refractivity contribution is 6.31. The number of carbonyl (C=O) groups is 2. The Hall–Kier alpha value is -1.62. The lowest BCUT2D eigenvalue weighted by Gasteiger charge is -2.27. The smallest absolute Gasteiger partial charge is 0.326 e. The van der Waals surface area contributed by atoms with Crippen LogP contribution < -0.4 is 0 Å². The number of carboxylic acid groups (broad SMARTS) is 1. The third-order valence-corrected chi connectivity index (χ3v) is 3.75. The van der Waals surface area contributed by atoms with Gasteiger partial charge in [0.15, 0.2) is 0 Å². The number of hydrogen-bond donors (Lipinski definition) is 1. The van der Waals surface area contributed by atoms with Crippen molar-refractivity contribution >= 4 is 23.5 Å². The van der Waals surface area contributed by atoms with Crippen LogP contribution in [-0.4, -0.2) is 34.5 Å². The van der Waals surface area contributed by atoms with E-state index in [0.29, 0.717) is 13.0 Å². The molecule has 1 heterocycles. The van der Waals surface area contributed by atoms with Crippen LogP contribution in [0.1, 0.15) is 36.0 Å². The van der Waals surface area contributed by atoms with Gasteiger partial charge in [0, 0.05) is 12.1 Å². The molecule has 1 aromatic carbocycles. The normalized spacial score (nSPS) is 19.5. The van der Waals surface area contributed by atoms with E-state index in [2.05, 4.69) is 0 Å². The monoisotopic (exact) mass is 299 g/mol. The van der Waals surface area contributed by atoms with Gasteiger partial charge >= 0.3 is 5.97 Å². The van der Waals surface area contributed by atoms with E-state index in [1.54, 1.807) is 0 Å². The third kappa shape index (κ3) is 3.10. The van der Waals surface area contributed by atoms with Crippen molar-refractivity contribution in [2.24, 2.45) is 0 Å². The molecule has 1 saturated heterocycles. The number of hydrogen-bond acceptors (Lipinski definition) is 2. The Kier molecular flexibility index (Phi) is 4.60. The van der Waals surface area contributed by atoms with Crippen LogP contribution in [0.4, 0.5) is 4.39 Å².